The van der Waals surface area contributed by atoms with Crippen LogP contribution in [0.15, 0.2) is 55.0 Å². The van der Waals surface area contributed by atoms with Crippen molar-refractivity contribution in [1.82, 2.24) is 29.4 Å². The minimum Gasteiger partial charge on any atom is -0.481 e. The van der Waals surface area contributed by atoms with Crippen LogP contribution in [0.4, 0.5) is 0 Å². The van der Waals surface area contributed by atoms with Crippen molar-refractivity contribution in [2.45, 2.75) is 71.2 Å². The van der Waals surface area contributed by atoms with Crippen molar-refractivity contribution < 1.29 is 14.6 Å². The minimum absolute atomic E-state index is 0.0829. The van der Waals surface area contributed by atoms with Gasteiger partial charge in [-0.25, -0.2) is 9.67 Å². The van der Waals surface area contributed by atoms with E-state index in [4.69, 9.17) is 19.7 Å². The Balaban J connectivity index is 1.22. The molecule has 2 atom stereocenters. The highest BCUT2D eigenvalue weighted by Crippen LogP contribution is 2.34. The number of aryl methyl sites for hydroxylation is 1. The lowest BCUT2D eigenvalue weighted by molar-refractivity contribution is -0.0537. The molecular formula is C33H42N6O3. The number of nitrogens with zero attached hydrogens (tertiary/aromatic N) is 6. The molecule has 9 nitrogen and oxygen atoms in total. The summed E-state index contributed by atoms with van der Waals surface area (Å²) in [6.07, 6.45) is 9.49. The van der Waals surface area contributed by atoms with Gasteiger partial charge < -0.3 is 14.6 Å². The fourth-order valence-corrected chi connectivity index (χ4v) is 6.62. The SMILES string of the molecule is COc1ncc(-n2nc(-c3cnn(CC4CCN(Cc5ccccc5)C(C(C)(C)O)C4)c3)c3c2CCOCC3)cc1C. The lowest BCUT2D eigenvalue weighted by atomic mass is 9.82. The Morgan fingerprint density at radius 3 is 2.69 bits per heavy atom. The molecule has 1 N–H and O–H groups in total. The van der Waals surface area contributed by atoms with Gasteiger partial charge in [0.05, 0.1) is 55.4 Å². The number of hydrogen-bond donors (Lipinski definition) is 1. The molecule has 222 valence electrons. The van der Waals surface area contributed by atoms with Gasteiger partial charge in [0.1, 0.15) is 0 Å². The van der Waals surface area contributed by atoms with Crippen LogP contribution in [0.5, 0.6) is 5.88 Å². The van der Waals surface area contributed by atoms with E-state index in [2.05, 4.69) is 51.1 Å². The first-order chi connectivity index (χ1) is 20.3. The number of benzene rings is 1. The van der Waals surface area contributed by atoms with Crippen LogP contribution in [0.1, 0.15) is 49.1 Å². The van der Waals surface area contributed by atoms with Crippen LogP contribution in [0, 0.1) is 12.8 Å². The molecule has 1 aromatic carbocycles. The molecule has 2 aliphatic heterocycles. The molecule has 2 aliphatic rings. The number of rotatable bonds is 8. The van der Waals surface area contributed by atoms with Gasteiger partial charge in [0.25, 0.3) is 0 Å². The maximum atomic E-state index is 11.1. The fraction of sp³-hybridized carbons (Fsp3) is 0.485. The minimum atomic E-state index is -0.788. The zero-order chi connectivity index (χ0) is 29.3. The summed E-state index contributed by atoms with van der Waals surface area (Å²) in [5.74, 6) is 1.05. The van der Waals surface area contributed by atoms with Crippen LogP contribution in [-0.4, -0.2) is 73.1 Å². The van der Waals surface area contributed by atoms with Crippen LogP contribution < -0.4 is 4.74 Å². The van der Waals surface area contributed by atoms with Crippen LogP contribution in [0.3, 0.4) is 0 Å². The van der Waals surface area contributed by atoms with Crippen molar-refractivity contribution in [2.24, 2.45) is 5.92 Å². The summed E-state index contributed by atoms with van der Waals surface area (Å²) >= 11 is 0. The zero-order valence-corrected chi connectivity index (χ0v) is 25.2. The Bertz CT molecular complexity index is 1510. The van der Waals surface area contributed by atoms with E-state index in [9.17, 15) is 5.11 Å². The van der Waals surface area contributed by atoms with Crippen molar-refractivity contribution in [3.05, 3.63) is 77.4 Å². The molecule has 0 bridgehead atoms. The summed E-state index contributed by atoms with van der Waals surface area (Å²) in [4.78, 5) is 6.94. The normalized spacial score (nSPS) is 19.8. The molecule has 0 aliphatic carbocycles. The zero-order valence-electron chi connectivity index (χ0n) is 25.2. The number of likely N-dealkylation sites (tertiary alicyclic amines) is 1. The van der Waals surface area contributed by atoms with Crippen LogP contribution >= 0.6 is 0 Å². The molecule has 2 unspecified atom stereocenters. The average molecular weight is 571 g/mol. The molecule has 0 amide bonds. The van der Waals surface area contributed by atoms with Gasteiger partial charge >= 0.3 is 0 Å². The van der Waals surface area contributed by atoms with Gasteiger partial charge in [-0.05, 0) is 64.1 Å². The van der Waals surface area contributed by atoms with Gasteiger partial charge in [-0.15, -0.1) is 0 Å². The van der Waals surface area contributed by atoms with E-state index < -0.39 is 5.60 Å². The molecule has 5 heterocycles. The second-order valence-corrected chi connectivity index (χ2v) is 12.3. The standard InChI is InChI=1S/C33H42N6O3/c1-23-16-27(19-34-32(23)41-4)39-29-12-15-42-14-11-28(29)31(36-39)26-18-35-38(22-26)21-25-10-13-37(30(17-25)33(2,3)40)20-24-8-6-5-7-9-24/h5-9,16,18-19,22,25,30,40H,10-15,17,20-21H2,1-4H3. The lowest BCUT2D eigenvalue weighted by Gasteiger charge is -2.45. The van der Waals surface area contributed by atoms with Crippen LogP contribution in [0.25, 0.3) is 16.9 Å². The molecular weight excluding hydrogens is 528 g/mol. The van der Waals surface area contributed by atoms with Gasteiger partial charge in [-0.1, -0.05) is 30.3 Å². The number of pyridine rings is 1. The summed E-state index contributed by atoms with van der Waals surface area (Å²) in [5, 5.41) is 21.0. The first kappa shape index (κ1) is 28.6. The molecule has 4 aromatic rings. The van der Waals surface area contributed by atoms with Gasteiger partial charge in [0, 0.05) is 48.4 Å². The topological polar surface area (TPSA) is 90.5 Å². The van der Waals surface area contributed by atoms with E-state index in [1.165, 1.54) is 16.8 Å². The van der Waals surface area contributed by atoms with Gasteiger partial charge in [-0.2, -0.15) is 10.2 Å². The highest BCUT2D eigenvalue weighted by molar-refractivity contribution is 5.64. The summed E-state index contributed by atoms with van der Waals surface area (Å²) in [7, 11) is 1.64. The van der Waals surface area contributed by atoms with E-state index in [0.717, 1.165) is 67.8 Å². The van der Waals surface area contributed by atoms with E-state index >= 15 is 0 Å². The third kappa shape index (κ3) is 6.00. The van der Waals surface area contributed by atoms with Crippen LogP contribution in [0.2, 0.25) is 0 Å². The van der Waals surface area contributed by atoms with Crippen molar-refractivity contribution in [2.75, 3.05) is 26.9 Å². The van der Waals surface area contributed by atoms with Crippen LogP contribution in [-0.2, 0) is 30.7 Å². The second-order valence-electron chi connectivity index (χ2n) is 12.3. The van der Waals surface area contributed by atoms with Crippen molar-refractivity contribution >= 4 is 0 Å². The molecule has 0 saturated carbocycles. The van der Waals surface area contributed by atoms with E-state index in [1.807, 2.05) is 43.9 Å². The number of hydrogen-bond acceptors (Lipinski definition) is 7. The maximum Gasteiger partial charge on any atom is 0.216 e. The first-order valence-electron chi connectivity index (χ1n) is 15.0. The second kappa shape index (κ2) is 12.0. The van der Waals surface area contributed by atoms with E-state index in [-0.39, 0.29) is 6.04 Å². The molecule has 42 heavy (non-hydrogen) atoms. The maximum absolute atomic E-state index is 11.1. The number of methoxy groups -OCH3 is 1. The monoisotopic (exact) mass is 570 g/mol. The molecule has 1 fully saturated rings. The predicted molar refractivity (Wildman–Crippen MR) is 162 cm³/mol. The molecule has 0 spiro atoms. The highest BCUT2D eigenvalue weighted by atomic mass is 16.5. The summed E-state index contributed by atoms with van der Waals surface area (Å²) in [5.41, 5.74) is 6.75. The average Bonchev–Trinajstić information content (AvgIpc) is 3.50. The van der Waals surface area contributed by atoms with E-state index in [1.54, 1.807) is 7.11 Å². The largest absolute Gasteiger partial charge is 0.481 e. The Kier molecular flexibility index (Phi) is 8.16. The third-order valence-electron chi connectivity index (χ3n) is 8.74. The van der Waals surface area contributed by atoms with Gasteiger partial charge in [-0.3, -0.25) is 9.58 Å². The number of aliphatic hydroxyl groups is 1. The molecule has 6 rings (SSSR count). The summed E-state index contributed by atoms with van der Waals surface area (Å²) in [6.45, 7) is 9.86. The fourth-order valence-electron chi connectivity index (χ4n) is 6.62. The van der Waals surface area contributed by atoms with Gasteiger partial charge in [0.2, 0.25) is 5.88 Å². The number of fused-ring (bicyclic) bond motifs is 1. The molecule has 9 heteroatoms. The molecule has 1 saturated heterocycles. The Labute approximate surface area is 248 Å². The Hall–Kier alpha value is -3.53. The van der Waals surface area contributed by atoms with Crippen molar-refractivity contribution in [3.63, 3.8) is 0 Å². The van der Waals surface area contributed by atoms with E-state index in [0.29, 0.717) is 25.0 Å². The number of ether oxygens (including phenoxy) is 2. The van der Waals surface area contributed by atoms with Crippen molar-refractivity contribution in [3.8, 4) is 22.8 Å². The number of aromatic nitrogens is 5. The Morgan fingerprint density at radius 2 is 1.93 bits per heavy atom. The third-order valence-corrected chi connectivity index (χ3v) is 8.74. The summed E-state index contributed by atoms with van der Waals surface area (Å²) < 4.78 is 15.3. The Morgan fingerprint density at radius 1 is 1.12 bits per heavy atom. The quantitative estimate of drug-likeness (QED) is 0.331. The highest BCUT2D eigenvalue weighted by Gasteiger charge is 2.38. The van der Waals surface area contributed by atoms with Crippen molar-refractivity contribution in [1.29, 1.82) is 0 Å². The molecule has 0 radical (unpaired) electrons. The first-order valence-corrected chi connectivity index (χ1v) is 15.0. The lowest BCUT2D eigenvalue weighted by Crippen LogP contribution is -2.53. The molecule has 3 aromatic heterocycles. The smallest absolute Gasteiger partial charge is 0.216 e. The van der Waals surface area contributed by atoms with Gasteiger partial charge in [0.15, 0.2) is 0 Å². The number of piperidine rings is 1. The summed E-state index contributed by atoms with van der Waals surface area (Å²) in [6, 6.07) is 12.7. The predicted octanol–water partition coefficient (Wildman–Crippen LogP) is 4.61.